The van der Waals surface area contributed by atoms with Crippen LogP contribution in [0.5, 0.6) is 11.5 Å². The zero-order valence-electron chi connectivity index (χ0n) is 12.4. The van der Waals surface area contributed by atoms with Crippen molar-refractivity contribution in [1.82, 2.24) is 5.32 Å². The normalized spacial score (nSPS) is 9.95. The van der Waals surface area contributed by atoms with E-state index in [2.05, 4.69) is 10.6 Å². The highest BCUT2D eigenvalue weighted by molar-refractivity contribution is 6.30. The van der Waals surface area contributed by atoms with Gasteiger partial charge in [-0.3, -0.25) is 0 Å². The maximum absolute atomic E-state index is 11.9. The van der Waals surface area contributed by atoms with Crippen LogP contribution in [0, 0.1) is 0 Å². The summed E-state index contributed by atoms with van der Waals surface area (Å²) in [5, 5.41) is 6.12. The summed E-state index contributed by atoms with van der Waals surface area (Å²) >= 11 is 5.79. The number of halogens is 1. The second kappa shape index (κ2) is 7.56. The number of methoxy groups -OCH3 is 2. The Morgan fingerprint density at radius 2 is 1.64 bits per heavy atom. The first kappa shape index (κ1) is 16.0. The number of benzene rings is 2. The van der Waals surface area contributed by atoms with Crippen molar-refractivity contribution in [2.75, 3.05) is 19.5 Å². The molecule has 0 unspecified atom stereocenters. The van der Waals surface area contributed by atoms with Gasteiger partial charge in [-0.15, -0.1) is 0 Å². The van der Waals surface area contributed by atoms with Gasteiger partial charge < -0.3 is 20.1 Å². The highest BCUT2D eigenvalue weighted by atomic mass is 35.5. The highest BCUT2D eigenvalue weighted by Crippen LogP contribution is 2.22. The third-order valence-corrected chi connectivity index (χ3v) is 3.22. The number of ether oxygens (including phenoxy) is 2. The van der Waals surface area contributed by atoms with Crippen molar-refractivity contribution in [3.05, 3.63) is 53.1 Å². The fourth-order valence-electron chi connectivity index (χ4n) is 1.86. The maximum atomic E-state index is 11.9. The van der Waals surface area contributed by atoms with Gasteiger partial charge in [0, 0.05) is 23.3 Å². The van der Waals surface area contributed by atoms with Crippen molar-refractivity contribution < 1.29 is 14.3 Å². The monoisotopic (exact) mass is 320 g/mol. The van der Waals surface area contributed by atoms with Crippen LogP contribution in [0.3, 0.4) is 0 Å². The SMILES string of the molecule is COc1cc(CNC(=O)Nc2ccc(Cl)cc2)cc(OC)c1. The van der Waals surface area contributed by atoms with Gasteiger partial charge in [0.15, 0.2) is 0 Å². The van der Waals surface area contributed by atoms with Gasteiger partial charge >= 0.3 is 6.03 Å². The van der Waals surface area contributed by atoms with Crippen molar-refractivity contribution in [2.24, 2.45) is 0 Å². The molecule has 0 fully saturated rings. The van der Waals surface area contributed by atoms with Gasteiger partial charge in [-0.25, -0.2) is 4.79 Å². The molecule has 22 heavy (non-hydrogen) atoms. The molecule has 116 valence electrons. The van der Waals surface area contributed by atoms with Crippen LogP contribution in [0.15, 0.2) is 42.5 Å². The Morgan fingerprint density at radius 3 is 2.18 bits per heavy atom. The Labute approximate surface area is 134 Å². The van der Waals surface area contributed by atoms with E-state index >= 15 is 0 Å². The Kier molecular flexibility index (Phi) is 5.49. The first-order valence-corrected chi connectivity index (χ1v) is 7.01. The lowest BCUT2D eigenvalue weighted by Gasteiger charge is -2.10. The smallest absolute Gasteiger partial charge is 0.319 e. The molecule has 0 aliphatic rings. The first-order valence-electron chi connectivity index (χ1n) is 6.63. The van der Waals surface area contributed by atoms with E-state index in [0.717, 1.165) is 5.56 Å². The van der Waals surface area contributed by atoms with Crippen LogP contribution in [0.2, 0.25) is 5.02 Å². The van der Waals surface area contributed by atoms with E-state index in [1.54, 1.807) is 44.6 Å². The van der Waals surface area contributed by atoms with Crippen LogP contribution in [-0.2, 0) is 6.54 Å². The number of carbonyl (C=O) groups is 1. The minimum atomic E-state index is -0.302. The summed E-state index contributed by atoms with van der Waals surface area (Å²) in [5.74, 6) is 1.35. The second-order valence-electron chi connectivity index (χ2n) is 4.54. The van der Waals surface area contributed by atoms with Gasteiger partial charge in [-0.2, -0.15) is 0 Å². The number of rotatable bonds is 5. The topological polar surface area (TPSA) is 59.6 Å². The molecule has 0 saturated heterocycles. The van der Waals surface area contributed by atoms with Crippen LogP contribution < -0.4 is 20.1 Å². The number of anilines is 1. The molecule has 0 aromatic heterocycles. The van der Waals surface area contributed by atoms with Crippen LogP contribution in [0.25, 0.3) is 0 Å². The van der Waals surface area contributed by atoms with Crippen molar-refractivity contribution >= 4 is 23.3 Å². The summed E-state index contributed by atoms with van der Waals surface area (Å²) in [4.78, 5) is 11.9. The molecule has 2 N–H and O–H groups in total. The lowest BCUT2D eigenvalue weighted by molar-refractivity contribution is 0.251. The van der Waals surface area contributed by atoms with E-state index < -0.39 is 0 Å². The molecule has 0 aliphatic heterocycles. The fraction of sp³-hybridized carbons (Fsp3) is 0.188. The summed E-state index contributed by atoms with van der Waals surface area (Å²) in [5.41, 5.74) is 1.55. The molecule has 2 aromatic carbocycles. The van der Waals surface area contributed by atoms with Gasteiger partial charge in [-0.05, 0) is 42.0 Å². The molecule has 0 heterocycles. The first-order chi connectivity index (χ1) is 10.6. The van der Waals surface area contributed by atoms with E-state index in [9.17, 15) is 4.79 Å². The Balaban J connectivity index is 1.94. The molecular formula is C16H17ClN2O3. The van der Waals surface area contributed by atoms with E-state index in [-0.39, 0.29) is 6.03 Å². The fourth-order valence-corrected chi connectivity index (χ4v) is 1.99. The second-order valence-corrected chi connectivity index (χ2v) is 4.97. The third-order valence-electron chi connectivity index (χ3n) is 2.97. The van der Waals surface area contributed by atoms with Crippen LogP contribution in [0.4, 0.5) is 10.5 Å². The Bertz CT molecular complexity index is 622. The number of amides is 2. The Hall–Kier alpha value is -2.40. The molecule has 0 aliphatic carbocycles. The average molecular weight is 321 g/mol. The van der Waals surface area contributed by atoms with E-state index in [1.807, 2.05) is 12.1 Å². The van der Waals surface area contributed by atoms with Crippen LogP contribution in [-0.4, -0.2) is 20.3 Å². The molecule has 0 radical (unpaired) electrons. The Morgan fingerprint density at radius 1 is 1.05 bits per heavy atom. The summed E-state index contributed by atoms with van der Waals surface area (Å²) in [6.45, 7) is 0.354. The van der Waals surface area contributed by atoms with E-state index in [0.29, 0.717) is 28.8 Å². The number of urea groups is 1. The zero-order chi connectivity index (χ0) is 15.9. The minimum absolute atomic E-state index is 0.302. The average Bonchev–Trinajstić information content (AvgIpc) is 2.54. The van der Waals surface area contributed by atoms with Crippen molar-refractivity contribution in [3.63, 3.8) is 0 Å². The van der Waals surface area contributed by atoms with Crippen LogP contribution >= 0.6 is 11.6 Å². The van der Waals surface area contributed by atoms with Gasteiger partial charge in [0.2, 0.25) is 0 Å². The number of nitrogens with one attached hydrogen (secondary N) is 2. The lowest BCUT2D eigenvalue weighted by Crippen LogP contribution is -2.28. The van der Waals surface area contributed by atoms with E-state index in [1.165, 1.54) is 0 Å². The van der Waals surface area contributed by atoms with Gasteiger partial charge in [0.1, 0.15) is 11.5 Å². The largest absolute Gasteiger partial charge is 0.497 e. The number of hydrogen-bond donors (Lipinski definition) is 2. The summed E-state index contributed by atoms with van der Waals surface area (Å²) < 4.78 is 10.4. The van der Waals surface area contributed by atoms with Gasteiger partial charge in [0.25, 0.3) is 0 Å². The maximum Gasteiger partial charge on any atom is 0.319 e. The molecule has 5 nitrogen and oxygen atoms in total. The number of hydrogen-bond acceptors (Lipinski definition) is 3. The standard InChI is InChI=1S/C16H17ClN2O3/c1-21-14-7-11(8-15(9-14)22-2)10-18-16(20)19-13-5-3-12(17)4-6-13/h3-9H,10H2,1-2H3,(H2,18,19,20). The van der Waals surface area contributed by atoms with Crippen molar-refractivity contribution in [3.8, 4) is 11.5 Å². The van der Waals surface area contributed by atoms with Crippen LogP contribution in [0.1, 0.15) is 5.56 Å². The summed E-state index contributed by atoms with van der Waals surface area (Å²) in [6, 6.07) is 12.0. The summed E-state index contributed by atoms with van der Waals surface area (Å²) in [7, 11) is 3.17. The molecule has 0 atom stereocenters. The molecular weight excluding hydrogens is 304 g/mol. The zero-order valence-corrected chi connectivity index (χ0v) is 13.1. The van der Waals surface area contributed by atoms with E-state index in [4.69, 9.17) is 21.1 Å². The molecule has 0 spiro atoms. The lowest BCUT2D eigenvalue weighted by atomic mass is 10.2. The molecule has 2 rings (SSSR count). The third kappa shape index (κ3) is 4.56. The predicted octanol–water partition coefficient (Wildman–Crippen LogP) is 3.68. The highest BCUT2D eigenvalue weighted by Gasteiger charge is 2.05. The molecule has 2 aromatic rings. The number of carbonyl (C=O) groups excluding carboxylic acids is 1. The quantitative estimate of drug-likeness (QED) is 0.883. The van der Waals surface area contributed by atoms with Gasteiger partial charge in [-0.1, -0.05) is 11.6 Å². The molecule has 6 heteroatoms. The van der Waals surface area contributed by atoms with Crippen molar-refractivity contribution in [2.45, 2.75) is 6.54 Å². The van der Waals surface area contributed by atoms with Crippen molar-refractivity contribution in [1.29, 1.82) is 0 Å². The predicted molar refractivity (Wildman–Crippen MR) is 86.9 cm³/mol. The molecule has 2 amide bonds. The summed E-state index contributed by atoms with van der Waals surface area (Å²) in [6.07, 6.45) is 0. The molecule has 0 bridgehead atoms. The molecule has 0 saturated carbocycles. The van der Waals surface area contributed by atoms with Gasteiger partial charge in [0.05, 0.1) is 14.2 Å². The minimum Gasteiger partial charge on any atom is -0.497 e.